The molecule has 0 aliphatic carbocycles. The summed E-state index contributed by atoms with van der Waals surface area (Å²) in [6, 6.07) is 5.21. The molecule has 0 bridgehead atoms. The van der Waals surface area contributed by atoms with Crippen LogP contribution in [0.4, 0.5) is 0 Å². The van der Waals surface area contributed by atoms with Crippen LogP contribution in [0.5, 0.6) is 5.75 Å². The van der Waals surface area contributed by atoms with E-state index in [1.165, 1.54) is 0 Å². The molecular weight excluding hydrogens is 346 g/mol. The minimum Gasteiger partial charge on any atom is -0.481 e. The summed E-state index contributed by atoms with van der Waals surface area (Å²) >= 11 is 6.00. The maximum absolute atomic E-state index is 12.9. The molecule has 1 heterocycles. The number of rotatable bonds is 7. The van der Waals surface area contributed by atoms with E-state index in [4.69, 9.17) is 26.2 Å². The van der Waals surface area contributed by atoms with Gasteiger partial charge >= 0.3 is 5.97 Å². The van der Waals surface area contributed by atoms with Crippen LogP contribution in [0.1, 0.15) is 31.7 Å². The molecule has 1 amide bonds. The van der Waals surface area contributed by atoms with E-state index in [-0.39, 0.29) is 24.9 Å². The molecule has 1 fully saturated rings. The van der Waals surface area contributed by atoms with Crippen LogP contribution in [0.2, 0.25) is 5.02 Å². The minimum absolute atomic E-state index is 0.0152. The molecule has 0 unspecified atom stereocenters. The van der Waals surface area contributed by atoms with E-state index in [0.717, 1.165) is 5.56 Å². The van der Waals surface area contributed by atoms with Crippen molar-refractivity contribution in [1.29, 1.82) is 0 Å². The van der Waals surface area contributed by atoms with Gasteiger partial charge in [-0.1, -0.05) is 11.6 Å². The highest BCUT2D eigenvalue weighted by Gasteiger charge is 2.30. The second kappa shape index (κ2) is 9.06. The maximum atomic E-state index is 12.9. The highest BCUT2D eigenvalue weighted by atomic mass is 35.5. The Morgan fingerprint density at radius 3 is 2.68 bits per heavy atom. The van der Waals surface area contributed by atoms with Gasteiger partial charge in [-0.15, -0.1) is 0 Å². The van der Waals surface area contributed by atoms with Gasteiger partial charge in [-0.2, -0.15) is 0 Å². The van der Waals surface area contributed by atoms with Crippen molar-refractivity contribution in [1.82, 2.24) is 4.90 Å². The molecule has 2 rings (SSSR count). The smallest absolute Gasteiger partial charge is 0.305 e. The first kappa shape index (κ1) is 19.5. The second-order valence-corrected chi connectivity index (χ2v) is 6.60. The van der Waals surface area contributed by atoms with Crippen LogP contribution >= 0.6 is 11.6 Å². The number of aryl methyl sites for hydroxylation is 1. The fourth-order valence-corrected chi connectivity index (χ4v) is 2.98. The third-order valence-electron chi connectivity index (χ3n) is 4.27. The fourth-order valence-electron chi connectivity index (χ4n) is 2.86. The third kappa shape index (κ3) is 5.61. The number of carbonyl (C=O) groups is 2. The summed E-state index contributed by atoms with van der Waals surface area (Å²) in [5, 5.41) is 9.60. The van der Waals surface area contributed by atoms with Crippen molar-refractivity contribution in [3.8, 4) is 5.75 Å². The maximum Gasteiger partial charge on any atom is 0.305 e. The van der Waals surface area contributed by atoms with Gasteiger partial charge in [-0.3, -0.25) is 9.59 Å². The van der Waals surface area contributed by atoms with Crippen LogP contribution in [0.25, 0.3) is 0 Å². The Labute approximate surface area is 152 Å². The van der Waals surface area contributed by atoms with Gasteiger partial charge in [0.05, 0.1) is 6.42 Å². The van der Waals surface area contributed by atoms with Crippen molar-refractivity contribution >= 4 is 23.5 Å². The summed E-state index contributed by atoms with van der Waals surface area (Å²) in [6.45, 7) is 4.87. The molecule has 0 saturated carbocycles. The van der Waals surface area contributed by atoms with E-state index in [9.17, 15) is 9.59 Å². The molecule has 25 heavy (non-hydrogen) atoms. The van der Waals surface area contributed by atoms with Crippen molar-refractivity contribution in [2.75, 3.05) is 19.8 Å². The Bertz CT molecular complexity index is 615. The second-order valence-electron chi connectivity index (χ2n) is 6.19. The Hall–Kier alpha value is -1.79. The van der Waals surface area contributed by atoms with Gasteiger partial charge < -0.3 is 19.5 Å². The average Bonchev–Trinajstić information content (AvgIpc) is 2.59. The molecule has 1 N–H and O–H groups in total. The fraction of sp³-hybridized carbons (Fsp3) is 0.556. The van der Waals surface area contributed by atoms with Crippen molar-refractivity contribution in [3.63, 3.8) is 0 Å². The van der Waals surface area contributed by atoms with E-state index in [2.05, 4.69) is 0 Å². The predicted octanol–water partition coefficient (Wildman–Crippen LogP) is 2.90. The van der Waals surface area contributed by atoms with Crippen LogP contribution < -0.4 is 4.74 Å². The lowest BCUT2D eigenvalue weighted by Gasteiger charge is -2.35. The largest absolute Gasteiger partial charge is 0.481 e. The van der Waals surface area contributed by atoms with Gasteiger partial charge in [-0.25, -0.2) is 0 Å². The Balaban J connectivity index is 2.07. The van der Waals surface area contributed by atoms with Crippen molar-refractivity contribution in [2.45, 2.75) is 45.3 Å². The van der Waals surface area contributed by atoms with E-state index in [1.807, 2.05) is 6.92 Å². The molecule has 1 aromatic carbocycles. The van der Waals surface area contributed by atoms with Gasteiger partial charge in [-0.05, 0) is 50.5 Å². The molecule has 0 radical (unpaired) electrons. The van der Waals surface area contributed by atoms with Crippen LogP contribution in [0.15, 0.2) is 18.2 Å². The average molecular weight is 370 g/mol. The summed E-state index contributed by atoms with van der Waals surface area (Å²) < 4.78 is 11.1. The van der Waals surface area contributed by atoms with E-state index in [1.54, 1.807) is 30.0 Å². The summed E-state index contributed by atoms with van der Waals surface area (Å²) in [6.07, 6.45) is 0.615. The van der Waals surface area contributed by atoms with Gasteiger partial charge in [0.15, 0.2) is 6.10 Å². The molecule has 1 aliphatic heterocycles. The summed E-state index contributed by atoms with van der Waals surface area (Å²) in [5.41, 5.74) is 0.867. The van der Waals surface area contributed by atoms with Crippen LogP contribution in [0.3, 0.4) is 0 Å². The molecule has 1 saturated heterocycles. The number of hydrogen-bond acceptors (Lipinski definition) is 4. The number of hydrogen-bond donors (Lipinski definition) is 1. The van der Waals surface area contributed by atoms with Gasteiger partial charge in [0.2, 0.25) is 0 Å². The number of carbonyl (C=O) groups excluding carboxylic acids is 1. The number of benzene rings is 1. The van der Waals surface area contributed by atoms with Crippen LogP contribution in [0, 0.1) is 6.92 Å². The molecular formula is C18H24ClNO5. The molecule has 0 spiro atoms. The lowest BCUT2D eigenvalue weighted by atomic mass is 10.1. The Kier molecular flexibility index (Phi) is 7.08. The third-order valence-corrected chi connectivity index (χ3v) is 4.70. The number of amides is 1. The molecule has 1 aliphatic rings. The van der Waals surface area contributed by atoms with Crippen LogP contribution in [-0.4, -0.2) is 53.8 Å². The number of aliphatic carboxylic acids is 1. The Morgan fingerprint density at radius 2 is 2.08 bits per heavy atom. The summed E-state index contributed by atoms with van der Waals surface area (Å²) in [7, 11) is 0. The topological polar surface area (TPSA) is 76.1 Å². The minimum atomic E-state index is -0.924. The number of nitrogens with zero attached hydrogens (tertiary/aromatic N) is 1. The number of ether oxygens (including phenoxy) is 2. The van der Waals surface area contributed by atoms with Crippen molar-refractivity contribution in [3.05, 3.63) is 28.8 Å². The number of carboxylic acid groups (broad SMARTS) is 1. The molecule has 1 atom stereocenters. The first-order valence-corrected chi connectivity index (χ1v) is 8.79. The van der Waals surface area contributed by atoms with E-state index in [0.29, 0.717) is 36.8 Å². The zero-order valence-corrected chi connectivity index (χ0v) is 15.3. The van der Waals surface area contributed by atoms with Crippen LogP contribution in [-0.2, 0) is 14.3 Å². The first-order chi connectivity index (χ1) is 11.9. The quantitative estimate of drug-likeness (QED) is 0.799. The van der Waals surface area contributed by atoms with Gasteiger partial charge in [0.25, 0.3) is 5.91 Å². The van der Waals surface area contributed by atoms with Crippen molar-refractivity contribution < 1.29 is 24.2 Å². The Morgan fingerprint density at radius 1 is 1.40 bits per heavy atom. The molecule has 6 nitrogen and oxygen atoms in total. The van der Waals surface area contributed by atoms with E-state index < -0.39 is 12.1 Å². The molecule has 0 aromatic heterocycles. The highest BCUT2D eigenvalue weighted by Crippen LogP contribution is 2.23. The molecule has 138 valence electrons. The van der Waals surface area contributed by atoms with Gasteiger partial charge in [0, 0.05) is 30.8 Å². The molecule has 1 aromatic rings. The SMILES string of the molecule is Cc1cc(O[C@@H](C)C(=O)N(CCC(=O)O)C2CCOCC2)ccc1Cl. The predicted molar refractivity (Wildman–Crippen MR) is 94.1 cm³/mol. The normalized spacial score (nSPS) is 16.3. The number of halogens is 1. The lowest BCUT2D eigenvalue weighted by molar-refractivity contribution is -0.144. The zero-order valence-electron chi connectivity index (χ0n) is 14.5. The molecule has 7 heteroatoms. The number of carboxylic acids is 1. The van der Waals surface area contributed by atoms with E-state index >= 15 is 0 Å². The summed E-state index contributed by atoms with van der Waals surface area (Å²) in [4.78, 5) is 25.4. The lowest BCUT2D eigenvalue weighted by Crippen LogP contribution is -2.49. The van der Waals surface area contributed by atoms with Gasteiger partial charge in [0.1, 0.15) is 5.75 Å². The van der Waals surface area contributed by atoms with Crippen molar-refractivity contribution in [2.24, 2.45) is 0 Å². The standard InChI is InChI=1S/C18H24ClNO5/c1-12-11-15(3-4-16(12)19)25-13(2)18(23)20(8-5-17(21)22)14-6-9-24-10-7-14/h3-4,11,13-14H,5-10H2,1-2H3,(H,21,22)/t13-/m0/s1. The first-order valence-electron chi connectivity index (χ1n) is 8.41. The highest BCUT2D eigenvalue weighted by molar-refractivity contribution is 6.31. The summed E-state index contributed by atoms with van der Waals surface area (Å²) in [5.74, 6) is -0.569. The zero-order chi connectivity index (χ0) is 18.4. The monoisotopic (exact) mass is 369 g/mol.